The zero-order chi connectivity index (χ0) is 14.7. The average molecular weight is 277 g/mol. The highest BCUT2D eigenvalue weighted by atomic mass is 16.7. The van der Waals surface area contributed by atoms with Crippen LogP contribution >= 0.6 is 0 Å². The fourth-order valence-corrected chi connectivity index (χ4v) is 3.87. The number of fused-ring (bicyclic) bond motifs is 2. The largest absolute Gasteiger partial charge is 0.490 e. The van der Waals surface area contributed by atoms with Crippen LogP contribution in [-0.2, 0) is 9.31 Å². The Morgan fingerprint density at radius 3 is 2.25 bits per heavy atom. The highest BCUT2D eigenvalue weighted by Crippen LogP contribution is 2.43. The summed E-state index contributed by atoms with van der Waals surface area (Å²) in [6, 6.07) is 1.89. The van der Waals surface area contributed by atoms with Crippen LogP contribution in [0.1, 0.15) is 60.8 Å². The molecule has 3 aliphatic rings. The summed E-state index contributed by atoms with van der Waals surface area (Å²) in [5.74, 6) is 0. The zero-order valence-corrected chi connectivity index (χ0v) is 13.8. The Hall–Kier alpha value is -0.315. The van der Waals surface area contributed by atoms with E-state index < -0.39 is 0 Å². The molecule has 3 rings (SSSR count). The Balaban J connectivity index is 1.80. The Morgan fingerprint density at radius 1 is 1.15 bits per heavy atom. The normalized spacial score (nSPS) is 35.8. The second-order valence-corrected chi connectivity index (χ2v) is 7.87. The third-order valence-corrected chi connectivity index (χ3v) is 5.63. The number of nitrogens with zero attached hydrogens (tertiary/aromatic N) is 1. The molecular formula is C16H28BNO2. The first-order chi connectivity index (χ1) is 9.21. The van der Waals surface area contributed by atoms with Gasteiger partial charge in [-0.25, -0.2) is 0 Å². The second-order valence-electron chi connectivity index (χ2n) is 7.87. The molecule has 0 amide bonds. The van der Waals surface area contributed by atoms with Crippen LogP contribution in [0.4, 0.5) is 0 Å². The minimum atomic E-state index is -0.229. The van der Waals surface area contributed by atoms with Crippen LogP contribution in [0.25, 0.3) is 0 Å². The van der Waals surface area contributed by atoms with E-state index >= 15 is 0 Å². The maximum absolute atomic E-state index is 6.21. The van der Waals surface area contributed by atoms with Crippen molar-refractivity contribution >= 4 is 7.12 Å². The van der Waals surface area contributed by atoms with E-state index in [4.69, 9.17) is 9.31 Å². The summed E-state index contributed by atoms with van der Waals surface area (Å²) in [6.45, 7) is 13.1. The molecule has 2 saturated heterocycles. The van der Waals surface area contributed by atoms with Crippen LogP contribution in [-0.4, -0.2) is 41.3 Å². The molecule has 2 unspecified atom stereocenters. The highest BCUT2D eigenvalue weighted by molar-refractivity contribution is 6.54. The third-order valence-electron chi connectivity index (χ3n) is 5.63. The van der Waals surface area contributed by atoms with Gasteiger partial charge in [-0.3, -0.25) is 4.90 Å². The summed E-state index contributed by atoms with van der Waals surface area (Å²) in [7, 11) is -0.141. The van der Waals surface area contributed by atoms with E-state index in [1.807, 2.05) is 0 Å². The van der Waals surface area contributed by atoms with Crippen molar-refractivity contribution in [2.75, 3.05) is 0 Å². The van der Waals surface area contributed by atoms with Crippen LogP contribution in [0, 0.1) is 0 Å². The van der Waals surface area contributed by atoms with Gasteiger partial charge in [-0.05, 0) is 66.3 Å². The SMILES string of the molecule is CC(C)N1C2C=C(B3OC(C)(C)C(C)(C)O3)CC1CC2. The molecule has 0 N–H and O–H groups in total. The molecule has 0 aromatic heterocycles. The maximum atomic E-state index is 6.21. The van der Waals surface area contributed by atoms with Gasteiger partial charge in [0.25, 0.3) is 0 Å². The van der Waals surface area contributed by atoms with E-state index in [1.165, 1.54) is 18.3 Å². The van der Waals surface area contributed by atoms with E-state index in [2.05, 4.69) is 52.5 Å². The lowest BCUT2D eigenvalue weighted by Crippen LogP contribution is -2.45. The van der Waals surface area contributed by atoms with Gasteiger partial charge in [0.2, 0.25) is 0 Å². The summed E-state index contributed by atoms with van der Waals surface area (Å²) in [5, 5.41) is 0. The number of rotatable bonds is 2. The molecule has 20 heavy (non-hydrogen) atoms. The fourth-order valence-electron chi connectivity index (χ4n) is 3.87. The van der Waals surface area contributed by atoms with E-state index in [9.17, 15) is 0 Å². The van der Waals surface area contributed by atoms with Gasteiger partial charge in [-0.2, -0.15) is 0 Å². The Kier molecular flexibility index (Phi) is 3.35. The molecule has 0 aromatic carbocycles. The lowest BCUT2D eigenvalue weighted by molar-refractivity contribution is 0.00578. The molecule has 4 heteroatoms. The van der Waals surface area contributed by atoms with Crippen LogP contribution in [0.5, 0.6) is 0 Å². The summed E-state index contributed by atoms with van der Waals surface area (Å²) < 4.78 is 12.4. The molecule has 3 nitrogen and oxygen atoms in total. The van der Waals surface area contributed by atoms with Crippen molar-refractivity contribution in [2.45, 2.75) is 90.1 Å². The smallest absolute Gasteiger partial charge is 0.400 e. The van der Waals surface area contributed by atoms with Gasteiger partial charge in [0, 0.05) is 18.1 Å². The molecule has 0 aliphatic carbocycles. The molecule has 3 aliphatic heterocycles. The topological polar surface area (TPSA) is 21.7 Å². The van der Waals surface area contributed by atoms with Gasteiger partial charge >= 0.3 is 7.12 Å². The third kappa shape index (κ3) is 2.17. The molecule has 3 heterocycles. The highest BCUT2D eigenvalue weighted by Gasteiger charge is 2.53. The minimum absolute atomic E-state index is 0.141. The molecule has 0 radical (unpaired) electrons. The minimum Gasteiger partial charge on any atom is -0.400 e. The van der Waals surface area contributed by atoms with Crippen LogP contribution in [0.3, 0.4) is 0 Å². The van der Waals surface area contributed by atoms with Gasteiger partial charge in [0.15, 0.2) is 0 Å². The Bertz CT molecular complexity index is 414. The van der Waals surface area contributed by atoms with E-state index in [0.29, 0.717) is 18.1 Å². The van der Waals surface area contributed by atoms with Gasteiger partial charge in [-0.1, -0.05) is 6.08 Å². The van der Waals surface area contributed by atoms with Crippen LogP contribution in [0.15, 0.2) is 11.5 Å². The molecule has 0 saturated carbocycles. The van der Waals surface area contributed by atoms with Crippen molar-refractivity contribution in [1.82, 2.24) is 4.90 Å². The molecule has 2 atom stereocenters. The van der Waals surface area contributed by atoms with E-state index in [1.54, 1.807) is 0 Å². The van der Waals surface area contributed by atoms with Crippen molar-refractivity contribution in [3.8, 4) is 0 Å². The molecule has 2 fully saturated rings. The van der Waals surface area contributed by atoms with Crippen molar-refractivity contribution in [3.05, 3.63) is 11.5 Å². The zero-order valence-electron chi connectivity index (χ0n) is 13.8. The van der Waals surface area contributed by atoms with Crippen molar-refractivity contribution in [2.24, 2.45) is 0 Å². The molecular weight excluding hydrogens is 249 g/mol. The standard InChI is InChI=1S/C16H28BNO2/c1-11(2)18-13-7-8-14(18)10-12(9-13)17-19-15(3,4)16(5,6)20-17/h9,11,13-14H,7-8,10H2,1-6H3. The molecule has 0 spiro atoms. The number of hydrogen-bond donors (Lipinski definition) is 0. The fraction of sp³-hybridized carbons (Fsp3) is 0.875. The lowest BCUT2D eigenvalue weighted by Gasteiger charge is -2.37. The maximum Gasteiger partial charge on any atom is 0.490 e. The Labute approximate surface area is 123 Å². The first-order valence-corrected chi connectivity index (χ1v) is 8.05. The van der Waals surface area contributed by atoms with E-state index in [-0.39, 0.29) is 18.3 Å². The quantitative estimate of drug-likeness (QED) is 0.723. The van der Waals surface area contributed by atoms with Crippen molar-refractivity contribution < 1.29 is 9.31 Å². The summed E-state index contributed by atoms with van der Waals surface area (Å²) in [4.78, 5) is 2.66. The first kappa shape index (κ1) is 14.6. The predicted octanol–water partition coefficient (Wildman–Crippen LogP) is 3.19. The first-order valence-electron chi connectivity index (χ1n) is 8.05. The van der Waals surface area contributed by atoms with Gasteiger partial charge in [0.1, 0.15) is 0 Å². The average Bonchev–Trinajstić information content (AvgIpc) is 2.70. The van der Waals surface area contributed by atoms with Gasteiger partial charge in [0.05, 0.1) is 11.2 Å². The van der Waals surface area contributed by atoms with Crippen LogP contribution < -0.4 is 0 Å². The Morgan fingerprint density at radius 2 is 1.75 bits per heavy atom. The van der Waals surface area contributed by atoms with Crippen molar-refractivity contribution in [3.63, 3.8) is 0 Å². The van der Waals surface area contributed by atoms with Crippen molar-refractivity contribution in [1.29, 1.82) is 0 Å². The molecule has 0 aromatic rings. The lowest BCUT2D eigenvalue weighted by atomic mass is 9.73. The second kappa shape index (κ2) is 4.59. The van der Waals surface area contributed by atoms with Gasteiger partial charge < -0.3 is 9.31 Å². The molecule has 2 bridgehead atoms. The van der Waals surface area contributed by atoms with E-state index in [0.717, 1.165) is 6.42 Å². The molecule has 112 valence electrons. The monoisotopic (exact) mass is 277 g/mol. The summed E-state index contributed by atoms with van der Waals surface area (Å²) in [5.41, 5.74) is 0.910. The summed E-state index contributed by atoms with van der Waals surface area (Å²) in [6.07, 6.45) is 6.12. The van der Waals surface area contributed by atoms with Gasteiger partial charge in [-0.15, -0.1) is 0 Å². The van der Waals surface area contributed by atoms with Crippen LogP contribution in [0.2, 0.25) is 0 Å². The number of hydrogen-bond acceptors (Lipinski definition) is 3. The summed E-state index contributed by atoms with van der Waals surface area (Å²) >= 11 is 0. The predicted molar refractivity (Wildman–Crippen MR) is 82.6 cm³/mol.